The molecular weight excluding hydrogens is 1290 g/mol. The minimum atomic E-state index is -1.98. The van der Waals surface area contributed by atoms with Gasteiger partial charge in [0.2, 0.25) is 5.91 Å². The number of aliphatic hydroxyl groups excluding tert-OH is 11. The number of unbranched alkanes of at least 4 members (excludes halogenated alkanes) is 38. The maximum absolute atomic E-state index is 13.5. The largest absolute Gasteiger partial charge is 0.394 e. The molecule has 0 spiro atoms. The van der Waals surface area contributed by atoms with Gasteiger partial charge in [-0.05, 0) is 64.2 Å². The summed E-state index contributed by atoms with van der Waals surface area (Å²) in [5.74, 6) is -0.286. The summed E-state index contributed by atoms with van der Waals surface area (Å²) < 4.78 is 34.4. The van der Waals surface area contributed by atoms with Crippen LogP contribution in [0.3, 0.4) is 0 Å². The molecule has 1 amide bonds. The van der Waals surface area contributed by atoms with E-state index in [4.69, 9.17) is 28.4 Å². The van der Waals surface area contributed by atoms with E-state index in [9.17, 15) is 61.0 Å². The van der Waals surface area contributed by atoms with Gasteiger partial charge in [0, 0.05) is 6.42 Å². The van der Waals surface area contributed by atoms with Crippen molar-refractivity contribution in [1.29, 1.82) is 0 Å². The molecule has 17 unspecified atom stereocenters. The van der Waals surface area contributed by atoms with E-state index < -0.39 is 124 Å². The molecule has 3 fully saturated rings. The first-order valence-corrected chi connectivity index (χ1v) is 40.7. The van der Waals surface area contributed by atoms with Crippen molar-refractivity contribution in [3.63, 3.8) is 0 Å². The lowest BCUT2D eigenvalue weighted by atomic mass is 9.96. The van der Waals surface area contributed by atoms with Gasteiger partial charge in [0.05, 0.1) is 38.6 Å². The topological polar surface area (TPSA) is 307 Å². The van der Waals surface area contributed by atoms with Crippen molar-refractivity contribution >= 4 is 5.91 Å². The molecule has 0 aromatic heterocycles. The maximum Gasteiger partial charge on any atom is 0.220 e. The summed E-state index contributed by atoms with van der Waals surface area (Å²) in [6.45, 7) is 1.64. The second-order valence-electron chi connectivity index (χ2n) is 28.9. The number of hydrogen-bond donors (Lipinski definition) is 12. The first kappa shape index (κ1) is 92.4. The predicted molar refractivity (Wildman–Crippen MR) is 401 cm³/mol. The average Bonchev–Trinajstić information content (AvgIpc) is 0.782. The zero-order valence-electron chi connectivity index (χ0n) is 62.9. The third-order valence-corrected chi connectivity index (χ3v) is 20.0. The van der Waals surface area contributed by atoms with Crippen LogP contribution in [0.1, 0.15) is 309 Å². The molecule has 0 aromatic carbocycles. The highest BCUT2D eigenvalue weighted by atomic mass is 16.8. The van der Waals surface area contributed by atoms with Gasteiger partial charge in [-0.3, -0.25) is 4.79 Å². The SMILES string of the molecule is CC/C=C\C/C=C\C/C=C\C/C=C\C/C=C\CCCCCCCCCC(=O)NC(COC1OC(CO)C(OC2OC(CO)C(OC3OC(CO)C(O)C(O)C3O)C(O)C2O)C(O)C1O)C(O)/C=C/CCCCCCCCCCCCCCCCCCCCCCCCCCCCCCCCC. The molecule has 588 valence electrons. The minimum absolute atomic E-state index is 0.227. The fraction of sp³-hybridized carbons (Fsp3) is 0.841. The van der Waals surface area contributed by atoms with Gasteiger partial charge in [0.1, 0.15) is 73.2 Å². The Hall–Kier alpha value is -2.77. The molecule has 0 bridgehead atoms. The fourth-order valence-electron chi connectivity index (χ4n) is 13.5. The molecule has 0 saturated carbocycles. The predicted octanol–water partition coefficient (Wildman–Crippen LogP) is 13.6. The number of ether oxygens (including phenoxy) is 6. The monoisotopic (exact) mass is 1430 g/mol. The number of aliphatic hydroxyl groups is 11. The van der Waals surface area contributed by atoms with E-state index >= 15 is 0 Å². The van der Waals surface area contributed by atoms with Crippen LogP contribution in [0.2, 0.25) is 0 Å². The lowest BCUT2D eigenvalue weighted by molar-refractivity contribution is -0.379. The Morgan fingerprint density at radius 3 is 1.07 bits per heavy atom. The van der Waals surface area contributed by atoms with E-state index in [2.05, 4.69) is 79.9 Å². The number of amides is 1. The molecule has 19 nitrogen and oxygen atoms in total. The van der Waals surface area contributed by atoms with Crippen LogP contribution < -0.4 is 5.32 Å². The average molecular weight is 1440 g/mol. The summed E-state index contributed by atoms with van der Waals surface area (Å²) in [5, 5.41) is 121. The molecule has 0 aromatic rings. The number of carbonyl (C=O) groups is 1. The van der Waals surface area contributed by atoms with Crippen LogP contribution in [-0.2, 0) is 33.2 Å². The minimum Gasteiger partial charge on any atom is -0.394 e. The highest BCUT2D eigenvalue weighted by Crippen LogP contribution is 2.33. The van der Waals surface area contributed by atoms with Gasteiger partial charge >= 0.3 is 0 Å². The fourth-order valence-corrected chi connectivity index (χ4v) is 13.5. The molecule has 101 heavy (non-hydrogen) atoms. The Labute approximate surface area is 610 Å². The van der Waals surface area contributed by atoms with Crippen LogP contribution in [0, 0.1) is 0 Å². The molecule has 3 heterocycles. The molecule has 3 saturated heterocycles. The highest BCUT2D eigenvalue weighted by Gasteiger charge is 2.54. The number of hydrogen-bond acceptors (Lipinski definition) is 18. The molecule has 3 rings (SSSR count). The van der Waals surface area contributed by atoms with E-state index in [0.29, 0.717) is 6.42 Å². The Morgan fingerprint density at radius 1 is 0.366 bits per heavy atom. The third-order valence-electron chi connectivity index (χ3n) is 20.0. The second-order valence-corrected chi connectivity index (χ2v) is 28.9. The van der Waals surface area contributed by atoms with E-state index in [1.165, 1.54) is 180 Å². The van der Waals surface area contributed by atoms with Crippen molar-refractivity contribution in [3.8, 4) is 0 Å². The number of rotatable bonds is 64. The van der Waals surface area contributed by atoms with Gasteiger partial charge < -0.3 is 89.9 Å². The third kappa shape index (κ3) is 42.4. The van der Waals surface area contributed by atoms with Crippen LogP contribution >= 0.6 is 0 Å². The molecule has 19 heteroatoms. The molecule has 12 N–H and O–H groups in total. The molecule has 0 radical (unpaired) electrons. The van der Waals surface area contributed by atoms with Crippen LogP contribution in [0.15, 0.2) is 72.9 Å². The molecular formula is C82H147NO18. The van der Waals surface area contributed by atoms with Crippen molar-refractivity contribution in [3.05, 3.63) is 72.9 Å². The van der Waals surface area contributed by atoms with Crippen molar-refractivity contribution < 1.29 is 89.4 Å². The molecule has 17 atom stereocenters. The number of nitrogens with one attached hydrogen (secondary N) is 1. The normalized spacial score (nSPS) is 26.7. The van der Waals surface area contributed by atoms with E-state index in [1.807, 2.05) is 6.08 Å². The Morgan fingerprint density at radius 2 is 0.683 bits per heavy atom. The lowest BCUT2D eigenvalue weighted by Gasteiger charge is -2.48. The number of carbonyl (C=O) groups excluding carboxylic acids is 1. The number of allylic oxidation sites excluding steroid dienone is 11. The zero-order valence-corrected chi connectivity index (χ0v) is 62.9. The summed E-state index contributed by atoms with van der Waals surface area (Å²) in [6, 6.07) is -0.986. The standard InChI is InChI=1S/C82H147NO18/c1-3-5-7-9-11-13-15-17-19-21-23-25-27-28-29-30-31-32-33-34-35-36-38-39-41-43-45-47-49-51-53-55-57-59-66(87)65(83-70(88)60-58-56-54-52-50-48-46-44-42-40-37-26-24-22-20-18-16-14-12-10-8-6-4-2)64-96-80-76(94)73(91)78(68(62-85)98-80)101-82-77(95)74(92)79(69(63-86)99-82)100-81-75(93)72(90)71(89)67(61-84)97-81/h6,8,12,14,18,20,24,26,40,42,57,59,65-69,71-82,84-87,89-95H,3-5,7,9-11,13,15-17,19,21-23,25,27-39,41,43-56,58,60-64H2,1-2H3,(H,83,88)/b8-6-,14-12-,20-18-,26-24-,42-40-,59-57+. The van der Waals surface area contributed by atoms with Gasteiger partial charge in [-0.15, -0.1) is 0 Å². The Kier molecular flexibility index (Phi) is 57.0. The van der Waals surface area contributed by atoms with Crippen LogP contribution in [0.5, 0.6) is 0 Å². The van der Waals surface area contributed by atoms with Gasteiger partial charge in [0.15, 0.2) is 18.9 Å². The van der Waals surface area contributed by atoms with Crippen molar-refractivity contribution in [2.75, 3.05) is 26.4 Å². The zero-order chi connectivity index (χ0) is 73.2. The summed E-state index contributed by atoms with van der Waals surface area (Å²) in [5.41, 5.74) is 0. The molecule has 3 aliphatic heterocycles. The summed E-state index contributed by atoms with van der Waals surface area (Å²) in [6.07, 6.45) is 54.6. The quantitative estimate of drug-likeness (QED) is 0.0199. The van der Waals surface area contributed by atoms with E-state index in [0.717, 1.165) is 103 Å². The van der Waals surface area contributed by atoms with Gasteiger partial charge in [-0.25, -0.2) is 0 Å². The van der Waals surface area contributed by atoms with E-state index in [-0.39, 0.29) is 18.9 Å². The van der Waals surface area contributed by atoms with Crippen molar-refractivity contribution in [1.82, 2.24) is 5.32 Å². The highest BCUT2D eigenvalue weighted by molar-refractivity contribution is 5.76. The van der Waals surface area contributed by atoms with Crippen LogP contribution in [0.25, 0.3) is 0 Å². The Bertz CT molecular complexity index is 2110. The van der Waals surface area contributed by atoms with Gasteiger partial charge in [-0.1, -0.05) is 311 Å². The molecule has 3 aliphatic rings. The first-order valence-electron chi connectivity index (χ1n) is 40.7. The Balaban J connectivity index is 1.37. The van der Waals surface area contributed by atoms with E-state index in [1.54, 1.807) is 6.08 Å². The summed E-state index contributed by atoms with van der Waals surface area (Å²) in [7, 11) is 0. The molecule has 0 aliphatic carbocycles. The van der Waals surface area contributed by atoms with Crippen LogP contribution in [0.4, 0.5) is 0 Å². The summed E-state index contributed by atoms with van der Waals surface area (Å²) >= 11 is 0. The summed E-state index contributed by atoms with van der Waals surface area (Å²) in [4.78, 5) is 13.5. The van der Waals surface area contributed by atoms with Gasteiger partial charge in [-0.2, -0.15) is 0 Å². The second kappa shape index (κ2) is 62.3. The van der Waals surface area contributed by atoms with Crippen molar-refractivity contribution in [2.45, 2.75) is 413 Å². The first-order chi connectivity index (χ1) is 49.3. The lowest BCUT2D eigenvalue weighted by Crippen LogP contribution is -2.66. The van der Waals surface area contributed by atoms with Gasteiger partial charge in [0.25, 0.3) is 0 Å². The maximum atomic E-state index is 13.5. The van der Waals surface area contributed by atoms with Crippen molar-refractivity contribution in [2.24, 2.45) is 0 Å². The smallest absolute Gasteiger partial charge is 0.220 e. The van der Waals surface area contributed by atoms with Crippen LogP contribution in [-0.4, -0.2) is 193 Å².